The van der Waals surface area contributed by atoms with Crippen LogP contribution in [0.1, 0.15) is 68.8 Å². The number of nitrogens with one attached hydrogen (secondary N) is 1. The van der Waals surface area contributed by atoms with E-state index in [-0.39, 0.29) is 5.83 Å². The fraction of sp³-hybridized carbons (Fsp3) is 0.500. The molecule has 0 aliphatic heterocycles. The summed E-state index contributed by atoms with van der Waals surface area (Å²) in [7, 11) is 0. The van der Waals surface area contributed by atoms with Gasteiger partial charge in [0.25, 0.3) is 0 Å². The lowest BCUT2D eigenvalue weighted by Gasteiger charge is -2.08. The molecule has 18 heavy (non-hydrogen) atoms. The summed E-state index contributed by atoms with van der Waals surface area (Å²) in [5.74, 6) is 0.461. The van der Waals surface area contributed by atoms with Gasteiger partial charge in [-0.3, -0.25) is 0 Å². The highest BCUT2D eigenvalue weighted by Crippen LogP contribution is 2.28. The molecular formula is C16H22FN. The van der Waals surface area contributed by atoms with Crippen molar-refractivity contribution in [3.05, 3.63) is 34.9 Å². The van der Waals surface area contributed by atoms with E-state index in [0.29, 0.717) is 12.3 Å². The summed E-state index contributed by atoms with van der Waals surface area (Å²) in [5.41, 5.74) is 3.25. The molecule has 1 unspecified atom stereocenters. The number of rotatable bonds is 5. The van der Waals surface area contributed by atoms with Crippen LogP contribution in [0.2, 0.25) is 0 Å². The normalized spacial score (nSPS) is 16.1. The van der Waals surface area contributed by atoms with Crippen LogP contribution in [0.25, 0.3) is 12.2 Å². The first kappa shape index (κ1) is 13.1. The Morgan fingerprint density at radius 2 is 2.22 bits per heavy atom. The van der Waals surface area contributed by atoms with Crippen LogP contribution in [0.3, 0.4) is 0 Å². The van der Waals surface area contributed by atoms with Crippen molar-refractivity contribution in [1.82, 2.24) is 4.98 Å². The first-order valence-electron chi connectivity index (χ1n) is 6.96. The van der Waals surface area contributed by atoms with E-state index in [9.17, 15) is 4.39 Å². The molecule has 0 amide bonds. The Morgan fingerprint density at radius 1 is 1.39 bits per heavy atom. The van der Waals surface area contributed by atoms with E-state index >= 15 is 0 Å². The van der Waals surface area contributed by atoms with Gasteiger partial charge in [0.1, 0.15) is 5.83 Å². The Kier molecular flexibility index (Phi) is 4.40. The van der Waals surface area contributed by atoms with Gasteiger partial charge in [-0.05, 0) is 30.6 Å². The third-order valence-electron chi connectivity index (χ3n) is 3.58. The second-order valence-corrected chi connectivity index (χ2v) is 5.19. The number of H-pyrrole nitrogens is 1. The van der Waals surface area contributed by atoms with Crippen molar-refractivity contribution < 1.29 is 4.39 Å². The number of halogens is 1. The molecule has 0 saturated heterocycles. The molecule has 1 aliphatic carbocycles. The van der Waals surface area contributed by atoms with Crippen molar-refractivity contribution in [2.45, 2.75) is 51.9 Å². The van der Waals surface area contributed by atoms with Crippen LogP contribution >= 0.6 is 0 Å². The maximum atomic E-state index is 13.4. The Balaban J connectivity index is 2.10. The van der Waals surface area contributed by atoms with Gasteiger partial charge in [-0.25, -0.2) is 4.39 Å². The van der Waals surface area contributed by atoms with Crippen LogP contribution in [0, 0.1) is 0 Å². The monoisotopic (exact) mass is 247 g/mol. The molecule has 0 bridgehead atoms. The number of fused-ring (bicyclic) bond motifs is 1. The number of unbranched alkanes of at least 4 members (excludes halogenated alkanes) is 2. The average Bonchev–Trinajstić information content (AvgIpc) is 2.65. The standard InChI is InChI=1S/C16H22FN/c1-3-4-5-7-12(2)16-11-13-10-14(17)8-6-9-15(13)18-16/h6,9-12,18H,3-5,7-8H2,1-2H3. The molecule has 1 aromatic heterocycles. The summed E-state index contributed by atoms with van der Waals surface area (Å²) in [6, 6.07) is 2.10. The molecule has 0 saturated carbocycles. The first-order chi connectivity index (χ1) is 8.70. The lowest BCUT2D eigenvalue weighted by molar-refractivity contribution is 0.590. The van der Waals surface area contributed by atoms with Crippen molar-refractivity contribution in [2.75, 3.05) is 0 Å². The quantitative estimate of drug-likeness (QED) is 0.668. The summed E-state index contributed by atoms with van der Waals surface area (Å²) < 4.78 is 13.4. The molecule has 1 nitrogen and oxygen atoms in total. The smallest absolute Gasteiger partial charge is 0.104 e. The van der Waals surface area contributed by atoms with Crippen molar-refractivity contribution in [2.24, 2.45) is 0 Å². The van der Waals surface area contributed by atoms with Gasteiger partial charge in [-0.2, -0.15) is 0 Å². The molecule has 1 N–H and O–H groups in total. The highest BCUT2D eigenvalue weighted by molar-refractivity contribution is 5.67. The predicted molar refractivity (Wildman–Crippen MR) is 76.1 cm³/mol. The molecule has 0 aromatic carbocycles. The largest absolute Gasteiger partial charge is 0.358 e. The summed E-state index contributed by atoms with van der Waals surface area (Å²) in [6.07, 6.45) is 10.9. The molecule has 0 spiro atoms. The van der Waals surface area contributed by atoms with Crippen molar-refractivity contribution in [1.29, 1.82) is 0 Å². The Hall–Kier alpha value is -1.31. The molecular weight excluding hydrogens is 225 g/mol. The van der Waals surface area contributed by atoms with Crippen molar-refractivity contribution >= 4 is 12.2 Å². The van der Waals surface area contributed by atoms with E-state index in [1.807, 2.05) is 12.2 Å². The fourth-order valence-corrected chi connectivity index (χ4v) is 2.40. The highest BCUT2D eigenvalue weighted by atomic mass is 19.1. The van der Waals surface area contributed by atoms with Gasteiger partial charge in [0, 0.05) is 23.4 Å². The third kappa shape index (κ3) is 3.12. The zero-order valence-electron chi connectivity index (χ0n) is 11.3. The zero-order chi connectivity index (χ0) is 13.0. The summed E-state index contributed by atoms with van der Waals surface area (Å²) in [6.45, 7) is 4.46. The number of allylic oxidation sites excluding steroid dienone is 2. The molecule has 1 aromatic rings. The van der Waals surface area contributed by atoms with Crippen LogP contribution < -0.4 is 0 Å². The second-order valence-electron chi connectivity index (χ2n) is 5.19. The lowest BCUT2D eigenvalue weighted by Crippen LogP contribution is -1.94. The van der Waals surface area contributed by atoms with Gasteiger partial charge >= 0.3 is 0 Å². The van der Waals surface area contributed by atoms with E-state index < -0.39 is 0 Å². The predicted octanol–water partition coefficient (Wildman–Crippen LogP) is 5.43. The van der Waals surface area contributed by atoms with Gasteiger partial charge in [-0.15, -0.1) is 0 Å². The Bertz CT molecular complexity index is 454. The topological polar surface area (TPSA) is 15.8 Å². The van der Waals surface area contributed by atoms with Crippen molar-refractivity contribution in [3.8, 4) is 0 Å². The zero-order valence-corrected chi connectivity index (χ0v) is 11.3. The van der Waals surface area contributed by atoms with Gasteiger partial charge in [0.15, 0.2) is 0 Å². The third-order valence-corrected chi connectivity index (χ3v) is 3.58. The molecule has 0 fully saturated rings. The molecule has 1 aliphatic rings. The van der Waals surface area contributed by atoms with E-state index in [0.717, 1.165) is 11.3 Å². The molecule has 2 heteroatoms. The molecule has 2 rings (SSSR count). The molecule has 1 heterocycles. The molecule has 0 radical (unpaired) electrons. The van der Waals surface area contributed by atoms with E-state index in [1.165, 1.54) is 31.4 Å². The van der Waals surface area contributed by atoms with E-state index in [2.05, 4.69) is 24.9 Å². The van der Waals surface area contributed by atoms with Crippen molar-refractivity contribution in [3.63, 3.8) is 0 Å². The number of hydrogen-bond acceptors (Lipinski definition) is 0. The van der Waals surface area contributed by atoms with Crippen LogP contribution in [0.4, 0.5) is 4.39 Å². The van der Waals surface area contributed by atoms with Crippen LogP contribution in [-0.4, -0.2) is 4.98 Å². The SMILES string of the molecule is CCCCCC(C)c1cc2c([nH]1)C=CCC(F)=C2. The van der Waals surface area contributed by atoms with Crippen LogP contribution in [0.5, 0.6) is 0 Å². The summed E-state index contributed by atoms with van der Waals surface area (Å²) >= 11 is 0. The maximum Gasteiger partial charge on any atom is 0.104 e. The fourth-order valence-electron chi connectivity index (χ4n) is 2.40. The molecule has 98 valence electrons. The van der Waals surface area contributed by atoms with Crippen LogP contribution in [-0.2, 0) is 0 Å². The van der Waals surface area contributed by atoms with Gasteiger partial charge < -0.3 is 4.98 Å². The maximum absolute atomic E-state index is 13.4. The first-order valence-corrected chi connectivity index (χ1v) is 6.96. The lowest BCUT2D eigenvalue weighted by atomic mass is 10.00. The van der Waals surface area contributed by atoms with Gasteiger partial charge in [0.2, 0.25) is 0 Å². The number of aromatic nitrogens is 1. The highest BCUT2D eigenvalue weighted by Gasteiger charge is 2.12. The minimum Gasteiger partial charge on any atom is -0.358 e. The Morgan fingerprint density at radius 3 is 3.00 bits per heavy atom. The average molecular weight is 247 g/mol. The summed E-state index contributed by atoms with van der Waals surface area (Å²) in [4.78, 5) is 3.42. The second kappa shape index (κ2) is 6.03. The van der Waals surface area contributed by atoms with Gasteiger partial charge in [-0.1, -0.05) is 39.2 Å². The van der Waals surface area contributed by atoms with Gasteiger partial charge in [0.05, 0.1) is 0 Å². The summed E-state index contributed by atoms with van der Waals surface area (Å²) in [5, 5.41) is 0. The van der Waals surface area contributed by atoms with E-state index in [4.69, 9.17) is 0 Å². The Labute approximate surface area is 109 Å². The van der Waals surface area contributed by atoms with Crippen LogP contribution in [0.15, 0.2) is 18.0 Å². The number of hydrogen-bond donors (Lipinski definition) is 1. The minimum absolute atomic E-state index is 0.0609. The number of aromatic amines is 1. The van der Waals surface area contributed by atoms with E-state index in [1.54, 1.807) is 6.08 Å². The molecule has 1 atom stereocenters. The minimum atomic E-state index is -0.0609.